The average Bonchev–Trinajstić information content (AvgIpc) is 2.24. The van der Waals surface area contributed by atoms with Crippen LogP contribution in [-0.4, -0.2) is 35.8 Å². The van der Waals surface area contributed by atoms with Crippen LogP contribution in [-0.2, 0) is 0 Å². The molecule has 1 aromatic carbocycles. The molecule has 0 radical (unpaired) electrons. The second kappa shape index (κ2) is 5.27. The largest absolute Gasteiger partial charge is 0.507 e. The highest BCUT2D eigenvalue weighted by Crippen LogP contribution is 2.34. The van der Waals surface area contributed by atoms with Crippen LogP contribution >= 0.6 is 0 Å². The van der Waals surface area contributed by atoms with Gasteiger partial charge in [-0.15, -0.1) is 0 Å². The van der Waals surface area contributed by atoms with E-state index in [1.807, 2.05) is 0 Å². The van der Waals surface area contributed by atoms with Crippen LogP contribution < -0.4 is 9.47 Å². The van der Waals surface area contributed by atoms with E-state index in [-0.39, 0.29) is 29.3 Å². The summed E-state index contributed by atoms with van der Waals surface area (Å²) in [4.78, 5) is 12.0. The summed E-state index contributed by atoms with van der Waals surface area (Å²) >= 11 is 0. The minimum absolute atomic E-state index is 0.0559. The smallest absolute Gasteiger partial charge is 0.173 e. The lowest BCUT2D eigenvalue weighted by atomic mass is 9.96. The topological polar surface area (TPSA) is 76.0 Å². The number of methoxy groups -OCH3 is 2. The van der Waals surface area contributed by atoms with E-state index < -0.39 is 5.60 Å². The number of carbonyl (C=O) groups is 1. The Morgan fingerprint density at radius 2 is 1.89 bits per heavy atom. The molecule has 5 heteroatoms. The van der Waals surface area contributed by atoms with Crippen molar-refractivity contribution >= 4 is 5.78 Å². The van der Waals surface area contributed by atoms with Gasteiger partial charge in [0.05, 0.1) is 19.8 Å². The van der Waals surface area contributed by atoms with Gasteiger partial charge in [-0.1, -0.05) is 0 Å². The van der Waals surface area contributed by atoms with E-state index in [0.717, 1.165) is 0 Å². The van der Waals surface area contributed by atoms with Crippen LogP contribution in [0.15, 0.2) is 12.1 Å². The molecule has 0 unspecified atom stereocenters. The number of phenolic OH excluding ortho intramolecular Hbond substituents is 1. The number of benzene rings is 1. The van der Waals surface area contributed by atoms with Crippen molar-refractivity contribution < 1.29 is 24.5 Å². The number of hydrogen-bond donors (Lipinski definition) is 2. The molecule has 5 nitrogen and oxygen atoms in total. The molecule has 0 amide bonds. The van der Waals surface area contributed by atoms with Gasteiger partial charge in [-0.2, -0.15) is 0 Å². The Bertz CT molecular complexity index is 445. The van der Waals surface area contributed by atoms with Crippen molar-refractivity contribution in [1.29, 1.82) is 0 Å². The number of ketones is 1. The highest BCUT2D eigenvalue weighted by Gasteiger charge is 2.25. The number of rotatable bonds is 5. The molecule has 0 fully saturated rings. The van der Waals surface area contributed by atoms with Gasteiger partial charge in [-0.05, 0) is 13.8 Å². The number of ether oxygens (including phenoxy) is 2. The summed E-state index contributed by atoms with van der Waals surface area (Å²) in [6.07, 6.45) is -0.108. The van der Waals surface area contributed by atoms with E-state index in [1.54, 1.807) is 0 Å². The van der Waals surface area contributed by atoms with Crippen LogP contribution in [0.25, 0.3) is 0 Å². The number of aromatic hydroxyl groups is 1. The van der Waals surface area contributed by atoms with Crippen molar-refractivity contribution in [3.63, 3.8) is 0 Å². The highest BCUT2D eigenvalue weighted by molar-refractivity contribution is 6.02. The third kappa shape index (κ3) is 3.37. The SMILES string of the molecule is COc1cc(O)c(C(=O)CC(C)(C)O)c(OC)c1. The van der Waals surface area contributed by atoms with Gasteiger partial charge in [-0.25, -0.2) is 0 Å². The van der Waals surface area contributed by atoms with Gasteiger partial charge in [0.15, 0.2) is 5.78 Å². The van der Waals surface area contributed by atoms with E-state index >= 15 is 0 Å². The summed E-state index contributed by atoms with van der Waals surface area (Å²) < 4.78 is 10.0. The van der Waals surface area contributed by atoms with E-state index in [9.17, 15) is 15.0 Å². The van der Waals surface area contributed by atoms with E-state index in [0.29, 0.717) is 5.75 Å². The Hall–Kier alpha value is -1.75. The first-order valence-corrected chi connectivity index (χ1v) is 5.49. The Balaban J connectivity index is 3.19. The van der Waals surface area contributed by atoms with Crippen molar-refractivity contribution in [2.75, 3.05) is 14.2 Å². The fourth-order valence-electron chi connectivity index (χ4n) is 1.62. The summed E-state index contributed by atoms with van der Waals surface area (Å²) in [5.41, 5.74) is -1.09. The lowest BCUT2D eigenvalue weighted by molar-refractivity contribution is 0.0584. The van der Waals surface area contributed by atoms with Gasteiger partial charge in [-0.3, -0.25) is 4.79 Å². The molecule has 0 saturated heterocycles. The quantitative estimate of drug-likeness (QED) is 0.783. The molecule has 0 heterocycles. The molecule has 1 aromatic rings. The normalized spacial score (nSPS) is 11.2. The molecule has 0 spiro atoms. The first-order chi connectivity index (χ1) is 8.28. The Morgan fingerprint density at radius 1 is 1.28 bits per heavy atom. The fourth-order valence-corrected chi connectivity index (χ4v) is 1.62. The fraction of sp³-hybridized carbons (Fsp3) is 0.462. The van der Waals surface area contributed by atoms with Gasteiger partial charge < -0.3 is 19.7 Å². The van der Waals surface area contributed by atoms with Crippen molar-refractivity contribution in [2.24, 2.45) is 0 Å². The molecular weight excluding hydrogens is 236 g/mol. The molecule has 0 saturated carbocycles. The molecule has 18 heavy (non-hydrogen) atoms. The molecule has 0 aliphatic carbocycles. The van der Waals surface area contributed by atoms with E-state index in [2.05, 4.69) is 0 Å². The minimum Gasteiger partial charge on any atom is -0.507 e. The van der Waals surface area contributed by atoms with Crippen LogP contribution in [0.2, 0.25) is 0 Å². The van der Waals surface area contributed by atoms with E-state index in [4.69, 9.17) is 9.47 Å². The lowest BCUT2D eigenvalue weighted by Crippen LogP contribution is -2.23. The predicted molar refractivity (Wildman–Crippen MR) is 66.5 cm³/mol. The van der Waals surface area contributed by atoms with Crippen LogP contribution in [0.3, 0.4) is 0 Å². The summed E-state index contributed by atoms with van der Waals surface area (Å²) in [6.45, 7) is 3.05. The third-order valence-corrected chi connectivity index (χ3v) is 2.38. The molecular formula is C13H18O5. The van der Waals surface area contributed by atoms with Crippen molar-refractivity contribution in [1.82, 2.24) is 0 Å². The number of carbonyl (C=O) groups excluding carboxylic acids is 1. The average molecular weight is 254 g/mol. The molecule has 2 N–H and O–H groups in total. The summed E-state index contributed by atoms with van der Waals surface area (Å²) in [5, 5.41) is 19.5. The molecule has 0 aliphatic heterocycles. The van der Waals surface area contributed by atoms with Crippen LogP contribution in [0.4, 0.5) is 0 Å². The number of aliphatic hydroxyl groups is 1. The number of Topliss-reactive ketones (excluding diaryl/α,β-unsaturated/α-hetero) is 1. The highest BCUT2D eigenvalue weighted by atomic mass is 16.5. The maximum absolute atomic E-state index is 12.0. The standard InChI is InChI=1S/C13H18O5/c1-13(2,16)7-10(15)12-9(14)5-8(17-3)6-11(12)18-4/h5-6,14,16H,7H2,1-4H3. The first kappa shape index (κ1) is 14.3. The maximum Gasteiger partial charge on any atom is 0.173 e. The second-order valence-corrected chi connectivity index (χ2v) is 4.64. The Kier molecular flexibility index (Phi) is 4.19. The maximum atomic E-state index is 12.0. The molecule has 0 aliphatic rings. The van der Waals surface area contributed by atoms with Crippen molar-refractivity contribution in [2.45, 2.75) is 25.9 Å². The number of hydrogen-bond acceptors (Lipinski definition) is 5. The lowest BCUT2D eigenvalue weighted by Gasteiger charge is -2.17. The van der Waals surface area contributed by atoms with Crippen molar-refractivity contribution in [3.8, 4) is 17.2 Å². The van der Waals surface area contributed by atoms with Gasteiger partial charge in [0.2, 0.25) is 0 Å². The Morgan fingerprint density at radius 3 is 2.33 bits per heavy atom. The third-order valence-electron chi connectivity index (χ3n) is 2.38. The Labute approximate surface area is 106 Å². The minimum atomic E-state index is -1.14. The zero-order chi connectivity index (χ0) is 13.9. The molecule has 0 bridgehead atoms. The summed E-state index contributed by atoms with van der Waals surface area (Å²) in [7, 11) is 2.85. The second-order valence-electron chi connectivity index (χ2n) is 4.64. The molecule has 0 aromatic heterocycles. The van der Waals surface area contributed by atoms with Crippen LogP contribution in [0.5, 0.6) is 17.2 Å². The van der Waals surface area contributed by atoms with Crippen LogP contribution in [0, 0.1) is 0 Å². The zero-order valence-electron chi connectivity index (χ0n) is 11.0. The molecule has 0 atom stereocenters. The van der Waals surface area contributed by atoms with Gasteiger partial charge >= 0.3 is 0 Å². The summed E-state index contributed by atoms with van der Waals surface area (Å²) in [6, 6.07) is 2.84. The van der Waals surface area contributed by atoms with Gasteiger partial charge in [0.1, 0.15) is 22.8 Å². The van der Waals surface area contributed by atoms with E-state index in [1.165, 1.54) is 40.2 Å². The predicted octanol–water partition coefficient (Wildman–Crippen LogP) is 1.75. The first-order valence-electron chi connectivity index (χ1n) is 5.49. The van der Waals surface area contributed by atoms with Gasteiger partial charge in [0, 0.05) is 18.6 Å². The molecule has 1 rings (SSSR count). The van der Waals surface area contributed by atoms with Crippen molar-refractivity contribution in [3.05, 3.63) is 17.7 Å². The zero-order valence-corrected chi connectivity index (χ0v) is 11.0. The van der Waals surface area contributed by atoms with Gasteiger partial charge in [0.25, 0.3) is 0 Å². The van der Waals surface area contributed by atoms with Crippen LogP contribution in [0.1, 0.15) is 30.6 Å². The number of phenols is 1. The molecule has 100 valence electrons. The summed E-state index contributed by atoms with van der Waals surface area (Å²) in [5.74, 6) is 0.00483. The monoisotopic (exact) mass is 254 g/mol.